The Morgan fingerprint density at radius 1 is 1.30 bits per heavy atom. The van der Waals surface area contributed by atoms with Crippen LogP contribution in [0.5, 0.6) is 0 Å². The molecule has 0 spiro atoms. The summed E-state index contributed by atoms with van der Waals surface area (Å²) in [6.45, 7) is 2.07. The highest BCUT2D eigenvalue weighted by Gasteiger charge is 2.28. The number of ether oxygens (including phenoxy) is 1. The Bertz CT molecular complexity index is 775. The molecular weight excluding hydrogens is 330 g/mol. The zero-order chi connectivity index (χ0) is 15.6. The molecule has 4 heterocycles. The number of rotatable bonds is 4. The number of anilines is 1. The van der Waals surface area contributed by atoms with E-state index in [1.165, 1.54) is 0 Å². The molecular formula is C16H17N3O2S2. The molecule has 0 amide bonds. The second kappa shape index (κ2) is 6.52. The van der Waals surface area contributed by atoms with E-state index in [0.717, 1.165) is 27.5 Å². The Morgan fingerprint density at radius 2 is 2.26 bits per heavy atom. The summed E-state index contributed by atoms with van der Waals surface area (Å²) < 4.78 is 5.66. The third-order valence-corrected chi connectivity index (χ3v) is 5.90. The van der Waals surface area contributed by atoms with Gasteiger partial charge in [-0.05, 0) is 22.9 Å². The van der Waals surface area contributed by atoms with Gasteiger partial charge in [-0.3, -0.25) is 0 Å². The average Bonchev–Trinajstić information content (AvgIpc) is 3.26. The molecule has 1 aliphatic rings. The van der Waals surface area contributed by atoms with Crippen molar-refractivity contribution in [1.29, 1.82) is 0 Å². The maximum absolute atomic E-state index is 10.5. The molecule has 0 bridgehead atoms. The highest BCUT2D eigenvalue weighted by atomic mass is 32.1. The molecule has 3 aromatic heterocycles. The van der Waals surface area contributed by atoms with Crippen molar-refractivity contribution < 1.29 is 9.84 Å². The van der Waals surface area contributed by atoms with Gasteiger partial charge < -0.3 is 14.7 Å². The van der Waals surface area contributed by atoms with E-state index >= 15 is 0 Å². The van der Waals surface area contributed by atoms with Gasteiger partial charge in [0.05, 0.1) is 30.7 Å². The maximum atomic E-state index is 10.5. The zero-order valence-electron chi connectivity index (χ0n) is 12.5. The SMILES string of the molecule is OC(CC1COCCN1c1ncnc2sccc12)c1cccs1. The van der Waals surface area contributed by atoms with E-state index in [9.17, 15) is 5.11 Å². The first-order chi connectivity index (χ1) is 11.3. The summed E-state index contributed by atoms with van der Waals surface area (Å²) in [7, 11) is 0. The molecule has 2 unspecified atom stereocenters. The normalized spacial score (nSPS) is 20.0. The molecule has 1 aliphatic heterocycles. The monoisotopic (exact) mass is 347 g/mol. The molecule has 0 aliphatic carbocycles. The summed E-state index contributed by atoms with van der Waals surface area (Å²) in [4.78, 5) is 13.1. The third-order valence-electron chi connectivity index (χ3n) is 4.11. The Kier molecular flexibility index (Phi) is 4.26. The second-order valence-corrected chi connectivity index (χ2v) is 7.40. The molecule has 1 fully saturated rings. The van der Waals surface area contributed by atoms with E-state index in [1.54, 1.807) is 29.0 Å². The van der Waals surface area contributed by atoms with Crippen molar-refractivity contribution in [3.8, 4) is 0 Å². The molecule has 0 aromatic carbocycles. The van der Waals surface area contributed by atoms with Crippen molar-refractivity contribution >= 4 is 38.7 Å². The van der Waals surface area contributed by atoms with Crippen LogP contribution < -0.4 is 4.90 Å². The quantitative estimate of drug-likeness (QED) is 0.786. The van der Waals surface area contributed by atoms with Crippen LogP contribution in [-0.4, -0.2) is 40.9 Å². The molecule has 3 aromatic rings. The van der Waals surface area contributed by atoms with Crippen LogP contribution in [0.3, 0.4) is 0 Å². The van der Waals surface area contributed by atoms with Crippen molar-refractivity contribution in [3.63, 3.8) is 0 Å². The Labute approximate surface area is 142 Å². The van der Waals surface area contributed by atoms with Crippen LogP contribution in [0, 0.1) is 0 Å². The molecule has 120 valence electrons. The first-order valence-corrected chi connectivity index (χ1v) is 9.33. The van der Waals surface area contributed by atoms with Gasteiger partial charge in [0, 0.05) is 17.8 Å². The Hall–Kier alpha value is -1.54. The number of aromatic nitrogens is 2. The van der Waals surface area contributed by atoms with Crippen LogP contribution in [0.15, 0.2) is 35.3 Å². The van der Waals surface area contributed by atoms with Gasteiger partial charge in [0.25, 0.3) is 0 Å². The van der Waals surface area contributed by atoms with Gasteiger partial charge in [-0.2, -0.15) is 0 Å². The lowest BCUT2D eigenvalue weighted by atomic mass is 10.1. The summed E-state index contributed by atoms with van der Waals surface area (Å²) in [5.74, 6) is 0.947. The van der Waals surface area contributed by atoms with Gasteiger partial charge in [0.15, 0.2) is 0 Å². The van der Waals surface area contributed by atoms with Crippen molar-refractivity contribution in [2.24, 2.45) is 0 Å². The van der Waals surface area contributed by atoms with Crippen LogP contribution in [0.1, 0.15) is 17.4 Å². The topological polar surface area (TPSA) is 58.5 Å². The minimum absolute atomic E-state index is 0.110. The van der Waals surface area contributed by atoms with Gasteiger partial charge in [0.2, 0.25) is 0 Å². The van der Waals surface area contributed by atoms with Gasteiger partial charge in [-0.15, -0.1) is 22.7 Å². The Morgan fingerprint density at radius 3 is 3.13 bits per heavy atom. The van der Waals surface area contributed by atoms with Gasteiger partial charge in [-0.25, -0.2) is 9.97 Å². The predicted octanol–water partition coefficient (Wildman–Crippen LogP) is 3.08. The second-order valence-electron chi connectivity index (χ2n) is 5.53. The minimum atomic E-state index is -0.469. The first kappa shape index (κ1) is 15.0. The van der Waals surface area contributed by atoms with Crippen LogP contribution in [-0.2, 0) is 4.74 Å². The van der Waals surface area contributed by atoms with Crippen LogP contribution in [0.2, 0.25) is 0 Å². The maximum Gasteiger partial charge on any atom is 0.141 e. The van der Waals surface area contributed by atoms with Crippen molar-refractivity contribution in [2.75, 3.05) is 24.7 Å². The molecule has 1 saturated heterocycles. The molecule has 4 rings (SSSR count). The largest absolute Gasteiger partial charge is 0.387 e. The number of aliphatic hydroxyl groups excluding tert-OH is 1. The summed E-state index contributed by atoms with van der Waals surface area (Å²) in [6, 6.07) is 6.12. The molecule has 0 saturated carbocycles. The number of morpholine rings is 1. The number of aliphatic hydroxyl groups is 1. The highest BCUT2D eigenvalue weighted by Crippen LogP contribution is 2.32. The van der Waals surface area contributed by atoms with Crippen LogP contribution in [0.4, 0.5) is 5.82 Å². The van der Waals surface area contributed by atoms with Crippen molar-refractivity contribution in [1.82, 2.24) is 9.97 Å². The third kappa shape index (κ3) is 2.97. The lowest BCUT2D eigenvalue weighted by Gasteiger charge is -2.37. The first-order valence-electron chi connectivity index (χ1n) is 7.57. The lowest BCUT2D eigenvalue weighted by Crippen LogP contribution is -2.46. The van der Waals surface area contributed by atoms with Crippen molar-refractivity contribution in [3.05, 3.63) is 40.2 Å². The van der Waals surface area contributed by atoms with Gasteiger partial charge in [0.1, 0.15) is 17.0 Å². The number of hydrogen-bond acceptors (Lipinski definition) is 7. The molecule has 7 heteroatoms. The van der Waals surface area contributed by atoms with Gasteiger partial charge >= 0.3 is 0 Å². The summed E-state index contributed by atoms with van der Waals surface area (Å²) in [5, 5.41) is 15.6. The Balaban J connectivity index is 1.61. The molecule has 2 atom stereocenters. The summed E-state index contributed by atoms with van der Waals surface area (Å²) >= 11 is 3.21. The van der Waals surface area contributed by atoms with E-state index in [1.807, 2.05) is 22.9 Å². The van der Waals surface area contributed by atoms with Crippen molar-refractivity contribution in [2.45, 2.75) is 18.6 Å². The standard InChI is InChI=1S/C16H17N3O2S2/c20-13(14-2-1-6-22-14)8-11-9-21-5-4-19(11)15-12-3-7-23-16(12)18-10-17-15/h1-3,6-7,10-11,13,20H,4-5,8-9H2. The van der Waals surface area contributed by atoms with Crippen LogP contribution >= 0.6 is 22.7 Å². The molecule has 5 nitrogen and oxygen atoms in total. The fourth-order valence-electron chi connectivity index (χ4n) is 2.99. The fourth-order valence-corrected chi connectivity index (χ4v) is 4.44. The van der Waals surface area contributed by atoms with E-state index in [2.05, 4.69) is 20.9 Å². The van der Waals surface area contributed by atoms with E-state index < -0.39 is 6.10 Å². The molecule has 1 N–H and O–H groups in total. The highest BCUT2D eigenvalue weighted by molar-refractivity contribution is 7.16. The summed E-state index contributed by atoms with van der Waals surface area (Å²) in [6.07, 6.45) is 1.79. The lowest BCUT2D eigenvalue weighted by molar-refractivity contribution is 0.0686. The fraction of sp³-hybridized carbons (Fsp3) is 0.375. The minimum Gasteiger partial charge on any atom is -0.387 e. The molecule has 23 heavy (non-hydrogen) atoms. The summed E-state index contributed by atoms with van der Waals surface area (Å²) in [5.41, 5.74) is 0. The number of nitrogens with zero attached hydrogens (tertiary/aromatic N) is 3. The smallest absolute Gasteiger partial charge is 0.141 e. The zero-order valence-corrected chi connectivity index (χ0v) is 14.1. The van der Waals surface area contributed by atoms with E-state index in [0.29, 0.717) is 19.6 Å². The number of fused-ring (bicyclic) bond motifs is 1. The number of thiophene rings is 2. The van der Waals surface area contributed by atoms with Gasteiger partial charge in [-0.1, -0.05) is 6.07 Å². The predicted molar refractivity (Wildman–Crippen MR) is 93.3 cm³/mol. The number of hydrogen-bond donors (Lipinski definition) is 1. The molecule has 0 radical (unpaired) electrons. The van der Waals surface area contributed by atoms with E-state index in [4.69, 9.17) is 4.74 Å². The van der Waals surface area contributed by atoms with Crippen LogP contribution in [0.25, 0.3) is 10.2 Å². The average molecular weight is 347 g/mol. The van der Waals surface area contributed by atoms with E-state index in [-0.39, 0.29) is 6.04 Å².